The van der Waals surface area contributed by atoms with Crippen LogP contribution in [0.1, 0.15) is 16.7 Å². The fraction of sp³-hybridized carbons (Fsp3) is 0.355. The highest BCUT2D eigenvalue weighted by Crippen LogP contribution is 2.40. The van der Waals surface area contributed by atoms with Crippen molar-refractivity contribution >= 4 is 62.4 Å². The number of halogens is 2. The molecule has 0 saturated carbocycles. The third-order valence-electron chi connectivity index (χ3n) is 6.84. The molecular weight excluding hydrogens is 631 g/mol. The highest BCUT2D eigenvalue weighted by molar-refractivity contribution is 7.59. The molecule has 0 radical (unpaired) electrons. The van der Waals surface area contributed by atoms with Crippen LogP contribution in [-0.4, -0.2) is 90.5 Å². The Hall–Kier alpha value is -2.60. The molecule has 0 spiro atoms. The number of cyclic esters (lactones) is 2. The van der Waals surface area contributed by atoms with E-state index in [1.165, 1.54) is 4.90 Å². The fourth-order valence-corrected chi connectivity index (χ4v) is 5.29. The third kappa shape index (κ3) is 9.20. The van der Waals surface area contributed by atoms with Gasteiger partial charge in [0.15, 0.2) is 0 Å². The zero-order chi connectivity index (χ0) is 29.1. The van der Waals surface area contributed by atoms with E-state index in [1.807, 2.05) is 54.6 Å². The van der Waals surface area contributed by atoms with Gasteiger partial charge in [-0.05, 0) is 16.7 Å². The van der Waals surface area contributed by atoms with Gasteiger partial charge in [0.2, 0.25) is 0 Å². The molecule has 0 aromatic heterocycles. The van der Waals surface area contributed by atoms with Crippen LogP contribution in [0.3, 0.4) is 0 Å². The first-order chi connectivity index (χ1) is 20.0. The zero-order valence-electron chi connectivity index (χ0n) is 23.6. The van der Waals surface area contributed by atoms with E-state index in [2.05, 4.69) is 36.4 Å². The van der Waals surface area contributed by atoms with Gasteiger partial charge in [-0.1, -0.05) is 91.0 Å². The van der Waals surface area contributed by atoms with Crippen LogP contribution in [0.25, 0.3) is 0 Å². The van der Waals surface area contributed by atoms with Gasteiger partial charge in [0.25, 0.3) is 0 Å². The first kappa shape index (κ1) is 36.6. The van der Waals surface area contributed by atoms with Crippen molar-refractivity contribution in [1.82, 2.24) is 9.80 Å². The van der Waals surface area contributed by atoms with Crippen LogP contribution in [0.15, 0.2) is 91.0 Å². The molecule has 2 heterocycles. The number of nitrogens with zero attached hydrogens (tertiary/aromatic N) is 2. The van der Waals surface area contributed by atoms with Crippen molar-refractivity contribution in [3.8, 4) is 0 Å². The molecule has 2 amide bonds. The summed E-state index contributed by atoms with van der Waals surface area (Å²) < 4.78 is 17.0. The van der Waals surface area contributed by atoms with Crippen molar-refractivity contribution in [3.05, 3.63) is 108 Å². The molecule has 2 saturated heterocycles. The summed E-state index contributed by atoms with van der Waals surface area (Å²) in [5.74, 6) is 0.776. The molecule has 12 heteroatoms. The summed E-state index contributed by atoms with van der Waals surface area (Å²) in [6.07, 6.45) is -1.44. The first-order valence-corrected chi connectivity index (χ1v) is 14.5. The Morgan fingerprint density at radius 3 is 1.42 bits per heavy atom. The van der Waals surface area contributed by atoms with E-state index in [9.17, 15) is 9.59 Å². The van der Waals surface area contributed by atoms with Gasteiger partial charge in [0, 0.05) is 24.8 Å². The normalized spacial score (nSPS) is 17.7. The Morgan fingerprint density at radius 1 is 0.698 bits per heavy atom. The lowest BCUT2D eigenvalue weighted by molar-refractivity contribution is -0.0298. The topological polar surface area (TPSA) is 88.5 Å². The van der Waals surface area contributed by atoms with Gasteiger partial charge in [0.1, 0.15) is 17.8 Å². The molecule has 2 aliphatic rings. The van der Waals surface area contributed by atoms with Gasteiger partial charge in [-0.2, -0.15) is 27.0 Å². The summed E-state index contributed by atoms with van der Waals surface area (Å²) in [7, 11) is 0. The number of carbonyl (C=O) groups excluding carboxylic acids is 2. The van der Waals surface area contributed by atoms with Gasteiger partial charge in [0.05, 0.1) is 26.3 Å². The largest absolute Gasteiger partial charge is 0.442 e. The lowest BCUT2D eigenvalue weighted by Crippen LogP contribution is -2.36. The Kier molecular flexibility index (Phi) is 15.5. The molecule has 2 fully saturated rings. The standard InChI is InChI=1S/C25H24ClNO3.C6H10ClNO3.2H2S/c26-16-17-27-18-23(30-24(27)28)19-29-25(20-10-4-1-5-11-20,21-12-6-2-7-13-21)22-14-8-3-9-15-22;7-1-2-8-3-5(4-9)11-6(8)10;;/h1-15,23H,16-19H2;5,9H,1-4H2;2*1H2/t23-;5-;;/m00../s1. The van der Waals surface area contributed by atoms with Gasteiger partial charge >= 0.3 is 12.2 Å². The molecule has 0 aliphatic carbocycles. The van der Waals surface area contributed by atoms with Crippen molar-refractivity contribution in [2.24, 2.45) is 0 Å². The van der Waals surface area contributed by atoms with E-state index in [0.717, 1.165) is 16.7 Å². The second kappa shape index (κ2) is 18.3. The highest BCUT2D eigenvalue weighted by Gasteiger charge is 2.40. The number of ether oxygens (including phenoxy) is 3. The van der Waals surface area contributed by atoms with Crippen LogP contribution in [0.4, 0.5) is 9.59 Å². The Morgan fingerprint density at radius 2 is 1.07 bits per heavy atom. The minimum Gasteiger partial charge on any atom is -0.442 e. The SMILES string of the molecule is O=C1O[C@H](CO)CN1CCCl.O=C1O[C@H](COC(c2ccccc2)(c2ccccc2)c2ccccc2)CN1CCCl.S.S. The summed E-state index contributed by atoms with van der Waals surface area (Å²) >= 11 is 11.2. The van der Waals surface area contributed by atoms with E-state index < -0.39 is 5.60 Å². The molecule has 0 unspecified atom stereocenters. The smallest absolute Gasteiger partial charge is 0.410 e. The van der Waals surface area contributed by atoms with Crippen molar-refractivity contribution in [1.29, 1.82) is 0 Å². The van der Waals surface area contributed by atoms with Gasteiger partial charge in [-0.25, -0.2) is 9.59 Å². The van der Waals surface area contributed by atoms with Gasteiger partial charge < -0.3 is 29.1 Å². The van der Waals surface area contributed by atoms with Crippen LogP contribution in [0.5, 0.6) is 0 Å². The third-order valence-corrected chi connectivity index (χ3v) is 7.18. The minimum absolute atomic E-state index is 0. The number of rotatable bonds is 11. The number of hydrogen-bond donors (Lipinski definition) is 1. The van der Waals surface area contributed by atoms with E-state index >= 15 is 0 Å². The molecule has 2 aliphatic heterocycles. The molecule has 43 heavy (non-hydrogen) atoms. The van der Waals surface area contributed by atoms with Gasteiger partial charge in [-0.3, -0.25) is 0 Å². The Labute approximate surface area is 276 Å². The average molecular weight is 670 g/mol. The first-order valence-electron chi connectivity index (χ1n) is 13.5. The number of amides is 2. The summed E-state index contributed by atoms with van der Waals surface area (Å²) in [6, 6.07) is 30.5. The lowest BCUT2D eigenvalue weighted by Gasteiger charge is -2.36. The summed E-state index contributed by atoms with van der Waals surface area (Å²) in [6.45, 7) is 2.02. The van der Waals surface area contributed by atoms with Crippen LogP contribution in [0, 0.1) is 0 Å². The van der Waals surface area contributed by atoms with Crippen LogP contribution in [0.2, 0.25) is 0 Å². The van der Waals surface area contributed by atoms with Crippen molar-refractivity contribution in [3.63, 3.8) is 0 Å². The fourth-order valence-electron chi connectivity index (χ4n) is 4.89. The monoisotopic (exact) mass is 668 g/mol. The molecule has 5 rings (SSSR count). The molecule has 1 N–H and O–H groups in total. The molecule has 3 aromatic rings. The maximum absolute atomic E-state index is 12.1. The summed E-state index contributed by atoms with van der Waals surface area (Å²) in [5.41, 5.74) is 2.23. The van der Waals surface area contributed by atoms with Crippen LogP contribution >= 0.6 is 50.2 Å². The molecule has 234 valence electrons. The second-order valence-electron chi connectivity index (χ2n) is 9.55. The van der Waals surface area contributed by atoms with Crippen molar-refractivity contribution in [2.75, 3.05) is 51.2 Å². The number of alkyl halides is 2. The van der Waals surface area contributed by atoms with Crippen molar-refractivity contribution < 1.29 is 28.9 Å². The predicted octanol–water partition coefficient (Wildman–Crippen LogP) is 5.32. The summed E-state index contributed by atoms with van der Waals surface area (Å²) in [4.78, 5) is 26.1. The number of aliphatic hydroxyl groups excluding tert-OH is 1. The maximum atomic E-state index is 12.1. The molecule has 3 aromatic carbocycles. The lowest BCUT2D eigenvalue weighted by atomic mass is 9.80. The van der Waals surface area contributed by atoms with Crippen LogP contribution < -0.4 is 0 Å². The van der Waals surface area contributed by atoms with Crippen LogP contribution in [-0.2, 0) is 19.8 Å². The molecule has 0 bridgehead atoms. The van der Waals surface area contributed by atoms with E-state index in [-0.39, 0.29) is 64.6 Å². The number of carbonyl (C=O) groups is 2. The van der Waals surface area contributed by atoms with E-state index in [4.69, 9.17) is 42.5 Å². The Balaban J connectivity index is 0.000000423. The molecule has 2 atom stereocenters. The minimum atomic E-state index is -0.823. The number of aliphatic hydroxyl groups is 1. The molecule has 8 nitrogen and oxygen atoms in total. The van der Waals surface area contributed by atoms with E-state index in [0.29, 0.717) is 37.9 Å². The number of hydrogen-bond acceptors (Lipinski definition) is 6. The summed E-state index contributed by atoms with van der Waals surface area (Å²) in [5, 5.41) is 8.63. The average Bonchev–Trinajstić information content (AvgIpc) is 3.56. The maximum Gasteiger partial charge on any atom is 0.410 e. The van der Waals surface area contributed by atoms with Gasteiger partial charge in [-0.15, -0.1) is 23.2 Å². The Bertz CT molecular complexity index is 1150. The second-order valence-corrected chi connectivity index (χ2v) is 10.3. The highest BCUT2D eigenvalue weighted by atomic mass is 35.5. The van der Waals surface area contributed by atoms with Crippen molar-refractivity contribution in [2.45, 2.75) is 17.8 Å². The number of benzene rings is 3. The molecular formula is C31H38Cl2N2O6S2. The quantitative estimate of drug-likeness (QED) is 0.220. The zero-order valence-corrected chi connectivity index (χ0v) is 27.1. The van der Waals surface area contributed by atoms with E-state index in [1.54, 1.807) is 4.90 Å². The predicted molar refractivity (Wildman–Crippen MR) is 178 cm³/mol.